The van der Waals surface area contributed by atoms with Crippen molar-refractivity contribution in [3.8, 4) is 5.75 Å². The van der Waals surface area contributed by atoms with Gasteiger partial charge in [-0.25, -0.2) is 4.79 Å². The van der Waals surface area contributed by atoms with E-state index in [1.807, 2.05) is 0 Å². The highest BCUT2D eigenvalue weighted by Gasteiger charge is 2.17. The smallest absolute Gasteiger partial charge is 0.321 e. The van der Waals surface area contributed by atoms with Gasteiger partial charge in [-0.15, -0.1) is 0 Å². The largest absolute Gasteiger partial charge is 0.480 e. The number of nitrogens with one attached hydrogen (secondary N) is 2. The van der Waals surface area contributed by atoms with Crippen LogP contribution >= 0.6 is 15.9 Å². The standard InChI is InChI=1S/C12H15BrN2O4/c1-7(11(17)15-12(18)14-2)19-10-4-3-8(6-16)5-9(10)13/h3-5,7,16H,6H2,1-2H3,(H2,14,15,17,18). The number of amides is 3. The molecule has 0 spiro atoms. The highest BCUT2D eigenvalue weighted by atomic mass is 79.9. The molecule has 0 radical (unpaired) electrons. The normalized spacial score (nSPS) is 11.6. The van der Waals surface area contributed by atoms with Gasteiger partial charge in [-0.05, 0) is 40.5 Å². The fourth-order valence-electron chi connectivity index (χ4n) is 1.26. The van der Waals surface area contributed by atoms with Gasteiger partial charge in [0.1, 0.15) is 5.75 Å². The van der Waals surface area contributed by atoms with Crippen molar-refractivity contribution in [2.45, 2.75) is 19.6 Å². The van der Waals surface area contributed by atoms with Crippen molar-refractivity contribution in [3.63, 3.8) is 0 Å². The maximum absolute atomic E-state index is 11.6. The molecule has 7 heteroatoms. The number of imide groups is 1. The van der Waals surface area contributed by atoms with E-state index in [1.165, 1.54) is 14.0 Å². The molecule has 1 rings (SSSR count). The number of benzene rings is 1. The summed E-state index contributed by atoms with van der Waals surface area (Å²) in [6.07, 6.45) is -0.825. The number of halogens is 1. The van der Waals surface area contributed by atoms with Crippen LogP contribution in [0.1, 0.15) is 12.5 Å². The molecule has 1 aromatic carbocycles. The lowest BCUT2D eigenvalue weighted by Crippen LogP contribution is -2.44. The molecule has 3 amide bonds. The van der Waals surface area contributed by atoms with Gasteiger partial charge in [0, 0.05) is 7.05 Å². The van der Waals surface area contributed by atoms with E-state index in [2.05, 4.69) is 26.6 Å². The zero-order chi connectivity index (χ0) is 14.4. The molecule has 0 aromatic heterocycles. The summed E-state index contributed by atoms with van der Waals surface area (Å²) in [5.74, 6) is -0.0887. The van der Waals surface area contributed by atoms with Gasteiger partial charge in [-0.1, -0.05) is 6.07 Å². The molecular weight excluding hydrogens is 316 g/mol. The molecule has 1 unspecified atom stereocenters. The zero-order valence-corrected chi connectivity index (χ0v) is 12.2. The average molecular weight is 331 g/mol. The Morgan fingerprint density at radius 3 is 2.68 bits per heavy atom. The number of hydrogen-bond acceptors (Lipinski definition) is 4. The van der Waals surface area contributed by atoms with Crippen molar-refractivity contribution in [1.29, 1.82) is 0 Å². The second-order valence-corrected chi connectivity index (χ2v) is 4.61. The minimum absolute atomic E-state index is 0.0778. The summed E-state index contributed by atoms with van der Waals surface area (Å²) in [6, 6.07) is 4.43. The third-order valence-electron chi connectivity index (χ3n) is 2.32. The first-order valence-corrected chi connectivity index (χ1v) is 6.35. The Labute approximate surface area is 119 Å². The van der Waals surface area contributed by atoms with Crippen LogP contribution < -0.4 is 15.4 Å². The summed E-state index contributed by atoms with van der Waals surface area (Å²) in [7, 11) is 1.42. The Morgan fingerprint density at radius 2 is 2.16 bits per heavy atom. The van der Waals surface area contributed by atoms with Crippen molar-refractivity contribution < 1.29 is 19.4 Å². The number of urea groups is 1. The molecule has 0 aliphatic heterocycles. The van der Waals surface area contributed by atoms with Gasteiger partial charge in [0.2, 0.25) is 0 Å². The van der Waals surface area contributed by atoms with Crippen molar-refractivity contribution in [2.24, 2.45) is 0 Å². The van der Waals surface area contributed by atoms with E-state index in [-0.39, 0.29) is 6.61 Å². The summed E-state index contributed by atoms with van der Waals surface area (Å²) in [4.78, 5) is 22.6. The third-order valence-corrected chi connectivity index (χ3v) is 2.94. The fourth-order valence-corrected chi connectivity index (χ4v) is 1.78. The number of ether oxygens (including phenoxy) is 1. The van der Waals surface area contributed by atoms with E-state index in [1.54, 1.807) is 18.2 Å². The molecule has 19 heavy (non-hydrogen) atoms. The van der Waals surface area contributed by atoms with Crippen molar-refractivity contribution in [1.82, 2.24) is 10.6 Å². The van der Waals surface area contributed by atoms with Gasteiger partial charge in [0.05, 0.1) is 11.1 Å². The molecule has 0 aliphatic carbocycles. The first kappa shape index (κ1) is 15.5. The maximum Gasteiger partial charge on any atom is 0.321 e. The zero-order valence-electron chi connectivity index (χ0n) is 10.6. The Kier molecular flexibility index (Phi) is 5.78. The van der Waals surface area contributed by atoms with E-state index in [0.29, 0.717) is 10.2 Å². The lowest BCUT2D eigenvalue weighted by Gasteiger charge is -2.15. The van der Waals surface area contributed by atoms with Crippen LogP contribution in [0.3, 0.4) is 0 Å². The van der Waals surface area contributed by atoms with Crippen LogP contribution in [-0.2, 0) is 11.4 Å². The quantitative estimate of drug-likeness (QED) is 0.773. The van der Waals surface area contributed by atoms with Crippen LogP contribution in [0.2, 0.25) is 0 Å². The number of aliphatic hydroxyl groups is 1. The van der Waals surface area contributed by atoms with E-state index < -0.39 is 18.0 Å². The molecule has 6 nitrogen and oxygen atoms in total. The molecule has 0 heterocycles. The minimum atomic E-state index is -0.825. The Hall–Kier alpha value is -1.60. The van der Waals surface area contributed by atoms with E-state index in [9.17, 15) is 9.59 Å². The van der Waals surface area contributed by atoms with Gasteiger partial charge in [-0.3, -0.25) is 10.1 Å². The molecule has 0 fully saturated rings. The van der Waals surface area contributed by atoms with Gasteiger partial charge < -0.3 is 15.2 Å². The van der Waals surface area contributed by atoms with E-state index in [0.717, 1.165) is 5.56 Å². The molecule has 0 saturated heterocycles. The molecule has 0 aliphatic rings. The summed E-state index contributed by atoms with van der Waals surface area (Å²) >= 11 is 3.28. The van der Waals surface area contributed by atoms with Crippen LogP contribution in [0.15, 0.2) is 22.7 Å². The summed E-state index contributed by atoms with van der Waals surface area (Å²) in [5.41, 5.74) is 0.724. The Morgan fingerprint density at radius 1 is 1.47 bits per heavy atom. The van der Waals surface area contributed by atoms with Crippen molar-refractivity contribution in [2.75, 3.05) is 7.05 Å². The highest BCUT2D eigenvalue weighted by Crippen LogP contribution is 2.26. The molecule has 0 bridgehead atoms. The minimum Gasteiger partial charge on any atom is -0.480 e. The van der Waals surface area contributed by atoms with Crippen LogP contribution in [0.5, 0.6) is 5.75 Å². The van der Waals surface area contributed by atoms with Crippen molar-refractivity contribution in [3.05, 3.63) is 28.2 Å². The Bertz CT molecular complexity index is 479. The molecule has 1 aromatic rings. The molecule has 0 saturated carbocycles. The van der Waals surface area contributed by atoms with Crippen LogP contribution in [-0.4, -0.2) is 30.2 Å². The van der Waals surface area contributed by atoms with Gasteiger partial charge in [0.15, 0.2) is 6.10 Å². The molecule has 3 N–H and O–H groups in total. The van der Waals surface area contributed by atoms with Crippen LogP contribution in [0.25, 0.3) is 0 Å². The maximum atomic E-state index is 11.6. The summed E-state index contributed by atoms with van der Waals surface area (Å²) in [6.45, 7) is 1.45. The first-order valence-electron chi connectivity index (χ1n) is 5.56. The predicted octanol–water partition coefficient (Wildman–Crippen LogP) is 1.16. The highest BCUT2D eigenvalue weighted by molar-refractivity contribution is 9.10. The molecule has 1 atom stereocenters. The first-order chi connectivity index (χ1) is 8.97. The summed E-state index contributed by atoms with van der Waals surface area (Å²) < 4.78 is 6.05. The topological polar surface area (TPSA) is 87.7 Å². The Balaban J connectivity index is 2.68. The number of rotatable bonds is 4. The second-order valence-electron chi connectivity index (χ2n) is 3.75. The fraction of sp³-hybridized carbons (Fsp3) is 0.333. The molecular formula is C12H15BrN2O4. The van der Waals surface area contributed by atoms with Gasteiger partial charge >= 0.3 is 6.03 Å². The number of carbonyl (C=O) groups excluding carboxylic acids is 2. The predicted molar refractivity (Wildman–Crippen MR) is 72.8 cm³/mol. The van der Waals surface area contributed by atoms with E-state index in [4.69, 9.17) is 9.84 Å². The lowest BCUT2D eigenvalue weighted by atomic mass is 10.2. The van der Waals surface area contributed by atoms with Crippen molar-refractivity contribution >= 4 is 27.9 Å². The van der Waals surface area contributed by atoms with Crippen LogP contribution in [0, 0.1) is 0 Å². The van der Waals surface area contributed by atoms with Crippen LogP contribution in [0.4, 0.5) is 4.79 Å². The SMILES string of the molecule is CNC(=O)NC(=O)C(C)Oc1ccc(CO)cc1Br. The van der Waals surface area contributed by atoms with E-state index >= 15 is 0 Å². The monoisotopic (exact) mass is 330 g/mol. The van der Waals surface area contributed by atoms with Gasteiger partial charge in [0.25, 0.3) is 5.91 Å². The summed E-state index contributed by atoms with van der Waals surface area (Å²) in [5, 5.41) is 13.4. The van der Waals surface area contributed by atoms with Gasteiger partial charge in [-0.2, -0.15) is 0 Å². The number of carbonyl (C=O) groups is 2. The number of aliphatic hydroxyl groups excluding tert-OH is 1. The second kappa shape index (κ2) is 7.10. The average Bonchev–Trinajstić information content (AvgIpc) is 2.40. The molecule has 104 valence electrons. The lowest BCUT2D eigenvalue weighted by molar-refractivity contribution is -0.126. The third kappa shape index (κ3) is 4.53. The number of hydrogen-bond donors (Lipinski definition) is 3.